The zero-order valence-electron chi connectivity index (χ0n) is 13.1. The van der Waals surface area contributed by atoms with Crippen molar-refractivity contribution in [3.05, 3.63) is 24.3 Å². The van der Waals surface area contributed by atoms with Gasteiger partial charge in [0, 0.05) is 19.7 Å². The van der Waals surface area contributed by atoms with Crippen molar-refractivity contribution < 1.29 is 14.2 Å². The van der Waals surface area contributed by atoms with Crippen LogP contribution in [-0.2, 0) is 4.74 Å². The number of methoxy groups -OCH3 is 2. The van der Waals surface area contributed by atoms with Crippen LogP contribution in [0.1, 0.15) is 32.1 Å². The second kappa shape index (κ2) is 8.90. The number of para-hydroxylation sites is 2. The fraction of sp³-hybridized carbons (Fsp3) is 0.647. The van der Waals surface area contributed by atoms with Crippen LogP contribution in [0.4, 0.5) is 0 Å². The quantitative estimate of drug-likeness (QED) is 0.619. The molecule has 0 aromatic heterocycles. The lowest BCUT2D eigenvalue weighted by Gasteiger charge is -2.17. The van der Waals surface area contributed by atoms with Gasteiger partial charge < -0.3 is 19.5 Å². The SMILES string of the molecule is COc1ccccc1OCCNC1CCCC(OC)CC1. The van der Waals surface area contributed by atoms with Crippen LogP contribution in [0.25, 0.3) is 0 Å². The van der Waals surface area contributed by atoms with Crippen LogP contribution in [0.3, 0.4) is 0 Å². The minimum absolute atomic E-state index is 0.446. The first-order valence-corrected chi connectivity index (χ1v) is 7.85. The first-order chi connectivity index (χ1) is 10.3. The van der Waals surface area contributed by atoms with Gasteiger partial charge in [0.1, 0.15) is 6.61 Å². The van der Waals surface area contributed by atoms with Crippen molar-refractivity contribution >= 4 is 0 Å². The van der Waals surface area contributed by atoms with Gasteiger partial charge in [-0.15, -0.1) is 0 Å². The molecule has 1 aliphatic rings. The molecule has 0 spiro atoms. The van der Waals surface area contributed by atoms with Gasteiger partial charge >= 0.3 is 0 Å². The monoisotopic (exact) mass is 293 g/mol. The van der Waals surface area contributed by atoms with Gasteiger partial charge in [-0.3, -0.25) is 0 Å². The molecule has 1 aromatic rings. The summed E-state index contributed by atoms with van der Waals surface area (Å²) in [5, 5.41) is 3.59. The van der Waals surface area contributed by atoms with Crippen LogP contribution in [-0.4, -0.2) is 39.5 Å². The summed E-state index contributed by atoms with van der Waals surface area (Å²) < 4.78 is 16.5. The second-order valence-corrected chi connectivity index (χ2v) is 5.52. The Balaban J connectivity index is 1.67. The van der Waals surface area contributed by atoms with Crippen molar-refractivity contribution in [3.8, 4) is 11.5 Å². The van der Waals surface area contributed by atoms with Crippen LogP contribution in [0.15, 0.2) is 24.3 Å². The maximum Gasteiger partial charge on any atom is 0.161 e. The maximum atomic E-state index is 5.78. The van der Waals surface area contributed by atoms with Crippen molar-refractivity contribution in [1.29, 1.82) is 0 Å². The Bertz CT molecular complexity index is 411. The lowest BCUT2D eigenvalue weighted by molar-refractivity contribution is 0.0894. The van der Waals surface area contributed by atoms with Gasteiger partial charge in [0.2, 0.25) is 0 Å². The molecule has 118 valence electrons. The van der Waals surface area contributed by atoms with E-state index in [1.165, 1.54) is 25.7 Å². The van der Waals surface area contributed by atoms with E-state index in [0.717, 1.165) is 24.5 Å². The molecule has 1 saturated carbocycles. The number of hydrogen-bond acceptors (Lipinski definition) is 4. The van der Waals surface area contributed by atoms with Gasteiger partial charge in [-0.25, -0.2) is 0 Å². The molecule has 1 aliphatic carbocycles. The Morgan fingerprint density at radius 1 is 1.05 bits per heavy atom. The molecule has 2 unspecified atom stereocenters. The molecule has 4 nitrogen and oxygen atoms in total. The molecule has 21 heavy (non-hydrogen) atoms. The Hall–Kier alpha value is -1.26. The first kappa shape index (κ1) is 16.1. The summed E-state index contributed by atoms with van der Waals surface area (Å²) in [6.07, 6.45) is 6.45. The summed E-state index contributed by atoms with van der Waals surface area (Å²) in [6.45, 7) is 1.52. The van der Waals surface area contributed by atoms with Crippen molar-refractivity contribution in [3.63, 3.8) is 0 Å². The molecule has 1 N–H and O–H groups in total. The summed E-state index contributed by atoms with van der Waals surface area (Å²) >= 11 is 0. The van der Waals surface area contributed by atoms with Crippen molar-refractivity contribution in [1.82, 2.24) is 5.32 Å². The number of benzene rings is 1. The number of rotatable bonds is 7. The van der Waals surface area contributed by atoms with E-state index in [4.69, 9.17) is 14.2 Å². The topological polar surface area (TPSA) is 39.7 Å². The van der Waals surface area contributed by atoms with Crippen molar-refractivity contribution in [2.75, 3.05) is 27.4 Å². The Labute approximate surface area is 127 Å². The third kappa shape index (κ3) is 5.21. The highest BCUT2D eigenvalue weighted by atomic mass is 16.5. The van der Waals surface area contributed by atoms with E-state index in [1.54, 1.807) is 7.11 Å². The Kier molecular flexibility index (Phi) is 6.83. The number of nitrogens with one attached hydrogen (secondary N) is 1. The Morgan fingerprint density at radius 3 is 2.62 bits per heavy atom. The van der Waals surface area contributed by atoms with Crippen molar-refractivity contribution in [2.24, 2.45) is 0 Å². The lowest BCUT2D eigenvalue weighted by Crippen LogP contribution is -2.32. The highest BCUT2D eigenvalue weighted by Crippen LogP contribution is 2.25. The minimum Gasteiger partial charge on any atom is -0.493 e. The molecule has 0 saturated heterocycles. The first-order valence-electron chi connectivity index (χ1n) is 7.85. The molecule has 1 fully saturated rings. The molecule has 0 aliphatic heterocycles. The third-order valence-corrected chi connectivity index (χ3v) is 4.11. The predicted octanol–water partition coefficient (Wildman–Crippen LogP) is 3.01. The van der Waals surface area contributed by atoms with Gasteiger partial charge in [0.05, 0.1) is 13.2 Å². The summed E-state index contributed by atoms with van der Waals surface area (Å²) in [4.78, 5) is 0. The highest BCUT2D eigenvalue weighted by molar-refractivity contribution is 5.39. The summed E-state index contributed by atoms with van der Waals surface area (Å²) in [7, 11) is 3.48. The third-order valence-electron chi connectivity index (χ3n) is 4.11. The van der Waals surface area contributed by atoms with Gasteiger partial charge in [0.15, 0.2) is 11.5 Å². The largest absolute Gasteiger partial charge is 0.493 e. The summed E-state index contributed by atoms with van der Waals surface area (Å²) in [5.74, 6) is 1.59. The van der Waals surface area contributed by atoms with Crippen LogP contribution >= 0.6 is 0 Å². The summed E-state index contributed by atoms with van der Waals surface area (Å²) in [5.41, 5.74) is 0. The van der Waals surface area contributed by atoms with Crippen LogP contribution in [0.2, 0.25) is 0 Å². The van der Waals surface area contributed by atoms with Crippen LogP contribution < -0.4 is 14.8 Å². The fourth-order valence-corrected chi connectivity index (χ4v) is 2.87. The summed E-state index contributed by atoms with van der Waals surface area (Å²) in [6, 6.07) is 8.35. The van der Waals surface area contributed by atoms with E-state index >= 15 is 0 Å². The van der Waals surface area contributed by atoms with Gasteiger partial charge in [0.25, 0.3) is 0 Å². The second-order valence-electron chi connectivity index (χ2n) is 5.52. The molecule has 2 rings (SSSR count). The van der Waals surface area contributed by atoms with Crippen LogP contribution in [0.5, 0.6) is 11.5 Å². The molecule has 0 radical (unpaired) electrons. The minimum atomic E-state index is 0.446. The van der Waals surface area contributed by atoms with Gasteiger partial charge in [-0.05, 0) is 44.2 Å². The van der Waals surface area contributed by atoms with E-state index in [2.05, 4.69) is 5.32 Å². The molecule has 2 atom stereocenters. The smallest absolute Gasteiger partial charge is 0.161 e. The van der Waals surface area contributed by atoms with E-state index in [1.807, 2.05) is 31.4 Å². The molecular weight excluding hydrogens is 266 g/mol. The molecule has 0 heterocycles. The lowest BCUT2D eigenvalue weighted by atomic mass is 10.1. The van der Waals surface area contributed by atoms with Crippen LogP contribution in [0, 0.1) is 0 Å². The molecule has 0 amide bonds. The molecule has 0 bridgehead atoms. The normalized spacial score (nSPS) is 22.6. The molecule has 1 aromatic carbocycles. The van der Waals surface area contributed by atoms with E-state index in [0.29, 0.717) is 18.8 Å². The zero-order valence-corrected chi connectivity index (χ0v) is 13.1. The Morgan fingerprint density at radius 2 is 1.86 bits per heavy atom. The zero-order chi connectivity index (χ0) is 14.9. The molecular formula is C17H27NO3. The molecule has 4 heteroatoms. The van der Waals surface area contributed by atoms with E-state index < -0.39 is 0 Å². The highest BCUT2D eigenvalue weighted by Gasteiger charge is 2.17. The fourth-order valence-electron chi connectivity index (χ4n) is 2.87. The van der Waals surface area contributed by atoms with Gasteiger partial charge in [-0.1, -0.05) is 12.1 Å². The number of ether oxygens (including phenoxy) is 3. The standard InChI is InChI=1S/C17H27NO3/c1-19-15-7-5-6-14(10-11-15)18-12-13-21-17-9-4-3-8-16(17)20-2/h3-4,8-9,14-15,18H,5-7,10-13H2,1-2H3. The van der Waals surface area contributed by atoms with E-state index in [9.17, 15) is 0 Å². The average Bonchev–Trinajstić information content (AvgIpc) is 2.77. The predicted molar refractivity (Wildman–Crippen MR) is 84.2 cm³/mol. The number of hydrogen-bond donors (Lipinski definition) is 1. The van der Waals surface area contributed by atoms with Gasteiger partial charge in [-0.2, -0.15) is 0 Å². The average molecular weight is 293 g/mol. The van der Waals surface area contributed by atoms with Crippen molar-refractivity contribution in [2.45, 2.75) is 44.2 Å². The van der Waals surface area contributed by atoms with E-state index in [-0.39, 0.29) is 0 Å². The maximum absolute atomic E-state index is 5.78.